The van der Waals surface area contributed by atoms with E-state index < -0.39 is 0 Å². The van der Waals surface area contributed by atoms with Gasteiger partial charge in [0, 0.05) is 17.6 Å². The average molecular weight is 413 g/mol. The third-order valence-electron chi connectivity index (χ3n) is 5.96. The quantitative estimate of drug-likeness (QED) is 0.654. The number of aromatic nitrogens is 1. The summed E-state index contributed by atoms with van der Waals surface area (Å²) < 4.78 is 5.61. The van der Waals surface area contributed by atoms with Gasteiger partial charge in [0.05, 0.1) is 22.5 Å². The molecule has 5 nitrogen and oxygen atoms in total. The average Bonchev–Trinajstić information content (AvgIpc) is 3.39. The normalized spacial score (nSPS) is 21.1. The number of esters is 1. The predicted octanol–water partition coefficient (Wildman–Crippen LogP) is 4.53. The van der Waals surface area contributed by atoms with Crippen molar-refractivity contribution in [3.63, 3.8) is 0 Å². The van der Waals surface area contributed by atoms with E-state index in [9.17, 15) is 9.59 Å². The van der Waals surface area contributed by atoms with E-state index in [4.69, 9.17) is 4.74 Å². The van der Waals surface area contributed by atoms with Gasteiger partial charge in [-0.25, -0.2) is 4.98 Å². The van der Waals surface area contributed by atoms with Crippen molar-refractivity contribution in [2.24, 2.45) is 11.8 Å². The number of hydrogen-bond donors (Lipinski definition) is 0. The van der Waals surface area contributed by atoms with Crippen LogP contribution in [0, 0.1) is 11.8 Å². The Morgan fingerprint density at radius 3 is 2.83 bits per heavy atom. The van der Waals surface area contributed by atoms with Crippen molar-refractivity contribution >= 4 is 28.9 Å². The van der Waals surface area contributed by atoms with Gasteiger partial charge < -0.3 is 9.64 Å². The van der Waals surface area contributed by atoms with Crippen LogP contribution in [-0.2, 0) is 33.8 Å². The van der Waals surface area contributed by atoms with Gasteiger partial charge in [-0.2, -0.15) is 0 Å². The first-order valence-corrected chi connectivity index (χ1v) is 11.5. The molecule has 1 aromatic carbocycles. The minimum Gasteiger partial charge on any atom is -0.459 e. The summed E-state index contributed by atoms with van der Waals surface area (Å²) in [7, 11) is 0. The zero-order valence-corrected chi connectivity index (χ0v) is 17.7. The van der Waals surface area contributed by atoms with E-state index in [-0.39, 0.29) is 30.3 Å². The van der Waals surface area contributed by atoms with Crippen LogP contribution in [-0.4, -0.2) is 23.4 Å². The Hall–Kier alpha value is -2.21. The van der Waals surface area contributed by atoms with E-state index in [0.717, 1.165) is 61.3 Å². The lowest BCUT2D eigenvalue weighted by molar-refractivity contribution is -0.155. The molecule has 1 aromatic heterocycles. The zero-order valence-electron chi connectivity index (χ0n) is 16.9. The zero-order chi connectivity index (χ0) is 20.2. The van der Waals surface area contributed by atoms with Gasteiger partial charge in [0.25, 0.3) is 0 Å². The van der Waals surface area contributed by atoms with Gasteiger partial charge in [0.15, 0.2) is 0 Å². The number of amides is 1. The molecule has 4 rings (SSSR count). The highest BCUT2D eigenvalue weighted by molar-refractivity contribution is 7.09. The lowest BCUT2D eigenvalue weighted by atomic mass is 9.78. The summed E-state index contributed by atoms with van der Waals surface area (Å²) in [6.07, 6.45) is 6.33. The number of hydrogen-bond acceptors (Lipinski definition) is 5. The maximum Gasteiger partial charge on any atom is 0.310 e. The number of thiazole rings is 1. The van der Waals surface area contributed by atoms with E-state index >= 15 is 0 Å². The van der Waals surface area contributed by atoms with Crippen LogP contribution in [0.3, 0.4) is 0 Å². The summed E-state index contributed by atoms with van der Waals surface area (Å²) >= 11 is 1.61. The Bertz CT molecular complexity index is 879. The van der Waals surface area contributed by atoms with Crippen molar-refractivity contribution in [2.75, 3.05) is 11.4 Å². The third-order valence-corrected chi connectivity index (χ3v) is 6.92. The second kappa shape index (κ2) is 9.08. The smallest absolute Gasteiger partial charge is 0.310 e. The molecule has 1 aliphatic carbocycles. The summed E-state index contributed by atoms with van der Waals surface area (Å²) in [6, 6.07) is 8.07. The van der Waals surface area contributed by atoms with Gasteiger partial charge >= 0.3 is 5.97 Å². The highest BCUT2D eigenvalue weighted by Gasteiger charge is 2.40. The number of para-hydroxylation sites is 1. The number of nitrogens with zero attached hydrogens (tertiary/aromatic N) is 2. The molecule has 2 atom stereocenters. The molecule has 1 amide bonds. The molecule has 2 aliphatic rings. The van der Waals surface area contributed by atoms with Crippen molar-refractivity contribution in [1.82, 2.24) is 4.98 Å². The first-order valence-electron chi connectivity index (χ1n) is 10.7. The van der Waals surface area contributed by atoms with Crippen molar-refractivity contribution in [2.45, 2.75) is 58.5 Å². The molecule has 29 heavy (non-hydrogen) atoms. The number of carbonyl (C=O) groups excluding carboxylic acids is 2. The number of anilines is 1. The SMILES string of the molecule is CCCc1nc(COC(=O)C2CCCCC2C(=O)N2CCc3ccccc32)cs1. The lowest BCUT2D eigenvalue weighted by Gasteiger charge is -2.32. The van der Waals surface area contributed by atoms with E-state index in [1.807, 2.05) is 28.5 Å². The van der Waals surface area contributed by atoms with Crippen molar-refractivity contribution in [1.29, 1.82) is 0 Å². The minimum absolute atomic E-state index is 0.0792. The number of ether oxygens (including phenoxy) is 1. The molecule has 154 valence electrons. The molecule has 1 saturated carbocycles. The van der Waals surface area contributed by atoms with Gasteiger partial charge in [-0.3, -0.25) is 9.59 Å². The fourth-order valence-corrected chi connectivity index (χ4v) is 5.36. The minimum atomic E-state index is -0.349. The second-order valence-corrected chi connectivity index (χ2v) is 8.90. The highest BCUT2D eigenvalue weighted by atomic mass is 32.1. The fourth-order valence-electron chi connectivity index (χ4n) is 4.47. The Labute approximate surface area is 176 Å². The molecule has 2 heterocycles. The molecule has 0 spiro atoms. The molecular formula is C23H28N2O3S. The Balaban J connectivity index is 1.41. The summed E-state index contributed by atoms with van der Waals surface area (Å²) in [5.41, 5.74) is 3.02. The third kappa shape index (κ3) is 4.37. The topological polar surface area (TPSA) is 59.5 Å². The van der Waals surface area contributed by atoms with Crippen molar-refractivity contribution in [3.8, 4) is 0 Å². The van der Waals surface area contributed by atoms with Gasteiger partial charge in [0.1, 0.15) is 6.61 Å². The molecule has 1 fully saturated rings. The van der Waals surface area contributed by atoms with Gasteiger partial charge in [-0.15, -0.1) is 11.3 Å². The Morgan fingerprint density at radius 2 is 2.00 bits per heavy atom. The van der Waals surface area contributed by atoms with E-state index in [0.29, 0.717) is 6.54 Å². The van der Waals surface area contributed by atoms with Gasteiger partial charge in [0.2, 0.25) is 5.91 Å². The number of aryl methyl sites for hydroxylation is 1. The Morgan fingerprint density at radius 1 is 1.21 bits per heavy atom. The van der Waals surface area contributed by atoms with Crippen LogP contribution >= 0.6 is 11.3 Å². The largest absolute Gasteiger partial charge is 0.459 e. The molecule has 0 bridgehead atoms. The first kappa shape index (κ1) is 20.1. The fraction of sp³-hybridized carbons (Fsp3) is 0.522. The molecule has 6 heteroatoms. The van der Waals surface area contributed by atoms with Crippen LogP contribution in [0.2, 0.25) is 0 Å². The lowest BCUT2D eigenvalue weighted by Crippen LogP contribution is -2.42. The predicted molar refractivity (Wildman–Crippen MR) is 114 cm³/mol. The van der Waals surface area contributed by atoms with E-state index in [1.54, 1.807) is 11.3 Å². The van der Waals surface area contributed by atoms with Crippen LogP contribution in [0.5, 0.6) is 0 Å². The van der Waals surface area contributed by atoms with Gasteiger partial charge in [-0.05, 0) is 43.7 Å². The molecule has 0 N–H and O–H groups in total. The van der Waals surface area contributed by atoms with Crippen LogP contribution in [0.15, 0.2) is 29.6 Å². The monoisotopic (exact) mass is 412 g/mol. The van der Waals surface area contributed by atoms with E-state index in [2.05, 4.69) is 18.0 Å². The van der Waals surface area contributed by atoms with Crippen molar-refractivity contribution < 1.29 is 14.3 Å². The molecule has 2 aromatic rings. The summed E-state index contributed by atoms with van der Waals surface area (Å²) in [5.74, 6) is -0.803. The molecule has 0 saturated heterocycles. The van der Waals surface area contributed by atoms with Crippen LogP contribution < -0.4 is 4.90 Å². The van der Waals surface area contributed by atoms with Gasteiger partial charge in [-0.1, -0.05) is 38.0 Å². The van der Waals surface area contributed by atoms with E-state index in [1.165, 1.54) is 5.56 Å². The highest BCUT2D eigenvalue weighted by Crippen LogP contribution is 2.36. The van der Waals surface area contributed by atoms with Crippen molar-refractivity contribution in [3.05, 3.63) is 45.9 Å². The summed E-state index contributed by atoms with van der Waals surface area (Å²) in [4.78, 5) is 32.6. The number of carbonyl (C=O) groups is 2. The number of benzene rings is 1. The summed E-state index contributed by atoms with van der Waals surface area (Å²) in [5, 5.41) is 3.04. The first-order chi connectivity index (χ1) is 14.2. The molecular weight excluding hydrogens is 384 g/mol. The Kier molecular flexibility index (Phi) is 6.28. The van der Waals surface area contributed by atoms with Crippen LogP contribution in [0.4, 0.5) is 5.69 Å². The summed E-state index contributed by atoms with van der Waals surface area (Å²) in [6.45, 7) is 3.03. The maximum atomic E-state index is 13.3. The molecule has 1 aliphatic heterocycles. The number of fused-ring (bicyclic) bond motifs is 1. The van der Waals surface area contributed by atoms with Crippen LogP contribution in [0.1, 0.15) is 55.3 Å². The molecule has 2 unspecified atom stereocenters. The maximum absolute atomic E-state index is 13.3. The second-order valence-electron chi connectivity index (χ2n) is 7.96. The molecule has 0 radical (unpaired) electrons. The standard InChI is InChI=1S/C23H28N2O3S/c1-2-7-21-24-17(15-29-21)14-28-23(27)19-10-5-4-9-18(19)22(26)25-13-12-16-8-3-6-11-20(16)25/h3,6,8,11,15,18-19H,2,4-5,7,9-10,12-14H2,1H3. The number of rotatable bonds is 6. The van der Waals surface area contributed by atoms with Crippen LogP contribution in [0.25, 0.3) is 0 Å².